The summed E-state index contributed by atoms with van der Waals surface area (Å²) in [4.78, 5) is 10.3. The number of carboxylic acid groups (broad SMARTS) is 1. The van der Waals surface area contributed by atoms with E-state index in [0.29, 0.717) is 5.75 Å². The highest BCUT2D eigenvalue weighted by Gasteiger charge is 2.02. The number of hydrogen-bond donors (Lipinski definition) is 2. The third kappa shape index (κ3) is 3.35. The van der Waals surface area contributed by atoms with Gasteiger partial charge in [-0.15, -0.1) is 0 Å². The molecule has 0 aliphatic rings. The van der Waals surface area contributed by atoms with E-state index >= 15 is 0 Å². The van der Waals surface area contributed by atoms with Crippen molar-refractivity contribution >= 4 is 12.2 Å². The van der Waals surface area contributed by atoms with Crippen LogP contribution in [0.1, 0.15) is 5.56 Å². The van der Waals surface area contributed by atoms with Gasteiger partial charge in [0.15, 0.2) is 0 Å². The van der Waals surface area contributed by atoms with Gasteiger partial charge in [-0.2, -0.15) is 0 Å². The second-order valence-corrected chi connectivity index (χ2v) is 2.92. The molecule has 0 bridgehead atoms. The Bertz CT molecular complexity index is 297. The van der Waals surface area contributed by atoms with Crippen LogP contribution in [-0.2, 0) is 4.79 Å². The lowest BCUT2D eigenvalue weighted by Crippen LogP contribution is -2.09. The molecule has 0 aliphatic carbocycles. The van der Waals surface area contributed by atoms with E-state index in [4.69, 9.17) is 9.90 Å². The van der Waals surface area contributed by atoms with Crippen molar-refractivity contribution in [2.45, 2.75) is 6.92 Å². The van der Waals surface area contributed by atoms with Crippen molar-refractivity contribution in [3.63, 3.8) is 0 Å². The molecule has 2 N–H and O–H groups in total. The smallest absolute Gasteiger partial charge is 0.290 e. The summed E-state index contributed by atoms with van der Waals surface area (Å²) in [6.45, 7) is 1.66. The zero-order valence-electron chi connectivity index (χ0n) is 8.56. The average molecular weight is 197 g/mol. The van der Waals surface area contributed by atoms with Crippen LogP contribution < -0.4 is 4.90 Å². The van der Waals surface area contributed by atoms with E-state index in [1.54, 1.807) is 6.07 Å². The highest BCUT2D eigenvalue weighted by Crippen LogP contribution is 2.25. The minimum atomic E-state index is -0.250. The Morgan fingerprint density at radius 2 is 1.86 bits per heavy atom. The molecule has 0 fully saturated rings. The standard InChI is InChI=1S/C9H13NO.CH2O2/c1-7-8(10(2)3)5-4-6-9(7)11;2-1-3/h4-6,11H,1-3H3;1H,(H,2,3). The summed E-state index contributed by atoms with van der Waals surface area (Å²) in [6.07, 6.45) is 0. The highest BCUT2D eigenvalue weighted by atomic mass is 16.3. The molecular formula is C10H15NO3. The molecule has 1 aromatic rings. The van der Waals surface area contributed by atoms with Crippen LogP contribution in [0.2, 0.25) is 0 Å². The van der Waals surface area contributed by atoms with Gasteiger partial charge in [-0.05, 0) is 19.1 Å². The molecule has 0 aliphatic heterocycles. The monoisotopic (exact) mass is 197 g/mol. The zero-order valence-corrected chi connectivity index (χ0v) is 8.56. The molecule has 0 unspecified atom stereocenters. The first kappa shape index (κ1) is 12.3. The number of nitrogens with zero attached hydrogens (tertiary/aromatic N) is 1. The number of hydrogen-bond acceptors (Lipinski definition) is 3. The molecule has 4 heteroatoms. The summed E-state index contributed by atoms with van der Waals surface area (Å²) < 4.78 is 0. The van der Waals surface area contributed by atoms with E-state index in [0.717, 1.165) is 11.3 Å². The minimum Gasteiger partial charge on any atom is -0.508 e. The fourth-order valence-electron chi connectivity index (χ4n) is 1.10. The lowest BCUT2D eigenvalue weighted by Gasteiger charge is -2.15. The molecule has 0 spiro atoms. The summed E-state index contributed by atoms with van der Waals surface area (Å²) in [7, 11) is 3.92. The Morgan fingerprint density at radius 3 is 2.21 bits per heavy atom. The van der Waals surface area contributed by atoms with E-state index in [-0.39, 0.29) is 6.47 Å². The molecule has 0 saturated heterocycles. The van der Waals surface area contributed by atoms with Gasteiger partial charge in [-0.25, -0.2) is 0 Å². The largest absolute Gasteiger partial charge is 0.508 e. The van der Waals surface area contributed by atoms with Crippen LogP contribution in [0.25, 0.3) is 0 Å². The van der Waals surface area contributed by atoms with Gasteiger partial charge in [-0.1, -0.05) is 6.07 Å². The molecule has 14 heavy (non-hydrogen) atoms. The van der Waals surface area contributed by atoms with Crippen LogP contribution in [0.4, 0.5) is 5.69 Å². The predicted molar refractivity (Wildman–Crippen MR) is 55.9 cm³/mol. The van der Waals surface area contributed by atoms with Gasteiger partial charge in [-0.3, -0.25) is 4.79 Å². The number of anilines is 1. The maximum atomic E-state index is 9.32. The number of carbonyl (C=O) groups is 1. The minimum absolute atomic E-state index is 0.250. The maximum Gasteiger partial charge on any atom is 0.290 e. The number of benzene rings is 1. The van der Waals surface area contributed by atoms with Crippen LogP contribution in [-0.4, -0.2) is 30.8 Å². The molecule has 78 valence electrons. The normalized spacial score (nSPS) is 8.50. The van der Waals surface area contributed by atoms with Gasteiger partial charge in [0, 0.05) is 25.3 Å². The van der Waals surface area contributed by atoms with Crippen LogP contribution in [0.5, 0.6) is 5.75 Å². The Hall–Kier alpha value is -1.71. The zero-order chi connectivity index (χ0) is 11.1. The summed E-state index contributed by atoms with van der Waals surface area (Å²) in [5, 5.41) is 16.2. The summed E-state index contributed by atoms with van der Waals surface area (Å²) >= 11 is 0. The van der Waals surface area contributed by atoms with E-state index in [2.05, 4.69) is 0 Å². The number of phenolic OH excluding ortho intramolecular Hbond substituents is 1. The van der Waals surface area contributed by atoms with Gasteiger partial charge >= 0.3 is 0 Å². The van der Waals surface area contributed by atoms with Gasteiger partial charge in [0.1, 0.15) is 5.75 Å². The highest BCUT2D eigenvalue weighted by molar-refractivity contribution is 5.57. The summed E-state index contributed by atoms with van der Waals surface area (Å²) in [6, 6.07) is 5.52. The Labute approximate surface area is 83.4 Å². The molecule has 0 saturated carbocycles. The molecule has 1 aromatic carbocycles. The van der Waals surface area contributed by atoms with Crippen LogP contribution in [0, 0.1) is 6.92 Å². The molecular weight excluding hydrogens is 182 g/mol. The number of rotatable bonds is 1. The molecule has 0 heterocycles. The lowest BCUT2D eigenvalue weighted by molar-refractivity contribution is -0.122. The maximum absolute atomic E-state index is 9.32. The molecule has 0 atom stereocenters. The van der Waals surface area contributed by atoms with Crippen molar-refractivity contribution in [1.29, 1.82) is 0 Å². The summed E-state index contributed by atoms with van der Waals surface area (Å²) in [5.41, 5.74) is 1.99. The number of aromatic hydroxyl groups is 1. The second kappa shape index (κ2) is 5.85. The summed E-state index contributed by atoms with van der Waals surface area (Å²) in [5.74, 6) is 0.358. The van der Waals surface area contributed by atoms with Crippen molar-refractivity contribution in [2.24, 2.45) is 0 Å². The fraction of sp³-hybridized carbons (Fsp3) is 0.300. The molecule has 0 radical (unpaired) electrons. The first-order chi connectivity index (χ1) is 6.54. The molecule has 4 nitrogen and oxygen atoms in total. The van der Waals surface area contributed by atoms with Gasteiger partial charge in [0.2, 0.25) is 0 Å². The van der Waals surface area contributed by atoms with Crippen LogP contribution >= 0.6 is 0 Å². The molecule has 0 amide bonds. The Balaban J connectivity index is 0.000000500. The third-order valence-electron chi connectivity index (χ3n) is 1.76. The first-order valence-corrected chi connectivity index (χ1v) is 4.08. The number of phenols is 1. The van der Waals surface area contributed by atoms with Crippen molar-refractivity contribution in [3.05, 3.63) is 23.8 Å². The van der Waals surface area contributed by atoms with Crippen molar-refractivity contribution in [1.82, 2.24) is 0 Å². The quantitative estimate of drug-likeness (QED) is 0.669. The first-order valence-electron chi connectivity index (χ1n) is 4.08. The van der Waals surface area contributed by atoms with Crippen molar-refractivity contribution in [3.8, 4) is 5.75 Å². The molecule has 1 rings (SSSR count). The Kier molecular flexibility index (Phi) is 5.14. The SMILES string of the molecule is Cc1c(O)cccc1N(C)C.O=CO. The van der Waals surface area contributed by atoms with Gasteiger partial charge < -0.3 is 15.1 Å². The van der Waals surface area contributed by atoms with Gasteiger partial charge in [0.05, 0.1) is 0 Å². The van der Waals surface area contributed by atoms with Gasteiger partial charge in [0.25, 0.3) is 6.47 Å². The van der Waals surface area contributed by atoms with Crippen molar-refractivity contribution in [2.75, 3.05) is 19.0 Å². The van der Waals surface area contributed by atoms with Crippen molar-refractivity contribution < 1.29 is 15.0 Å². The van der Waals surface area contributed by atoms with E-state index in [1.165, 1.54) is 0 Å². The van der Waals surface area contributed by atoms with E-state index in [9.17, 15) is 5.11 Å². The Morgan fingerprint density at radius 1 is 1.36 bits per heavy atom. The predicted octanol–water partition coefficient (Wildman–Crippen LogP) is 1.47. The van der Waals surface area contributed by atoms with E-state index < -0.39 is 0 Å². The lowest BCUT2D eigenvalue weighted by atomic mass is 10.2. The molecule has 0 aromatic heterocycles. The third-order valence-corrected chi connectivity index (χ3v) is 1.76. The average Bonchev–Trinajstić information content (AvgIpc) is 2.10. The van der Waals surface area contributed by atoms with E-state index in [1.807, 2.05) is 38.1 Å². The second-order valence-electron chi connectivity index (χ2n) is 2.92. The van der Waals surface area contributed by atoms with Crippen LogP contribution in [0.15, 0.2) is 18.2 Å². The van der Waals surface area contributed by atoms with Crippen LogP contribution in [0.3, 0.4) is 0 Å². The topological polar surface area (TPSA) is 60.8 Å². The fourth-order valence-corrected chi connectivity index (χ4v) is 1.10.